The van der Waals surface area contributed by atoms with E-state index in [0.717, 1.165) is 12.2 Å². The highest BCUT2D eigenvalue weighted by Crippen LogP contribution is 2.52. The smallest absolute Gasteiger partial charge is 0.258 e. The molecule has 4 rings (SSSR count). The largest absolute Gasteiger partial charge is 0.543 e. The number of benzene rings is 2. The van der Waals surface area contributed by atoms with Gasteiger partial charge in [0.15, 0.2) is 0 Å². The third-order valence-electron chi connectivity index (χ3n) is 8.22. The fourth-order valence-electron chi connectivity index (χ4n) is 6.70. The quantitative estimate of drug-likeness (QED) is 0.374. The second-order valence-electron chi connectivity index (χ2n) is 11.2. The van der Waals surface area contributed by atoms with Crippen molar-refractivity contribution in [1.29, 1.82) is 0 Å². The van der Waals surface area contributed by atoms with Crippen molar-refractivity contribution < 1.29 is 4.43 Å². The highest BCUT2D eigenvalue weighted by molar-refractivity contribution is 6.86. The third kappa shape index (κ3) is 3.58. The second kappa shape index (κ2) is 8.50. The molecule has 0 atom stereocenters. The van der Waals surface area contributed by atoms with Crippen LogP contribution in [0.15, 0.2) is 71.6 Å². The molecule has 0 saturated carbocycles. The van der Waals surface area contributed by atoms with Crippen molar-refractivity contribution >= 4 is 16.4 Å². The maximum Gasteiger partial charge on any atom is 0.258 e. The van der Waals surface area contributed by atoms with Crippen molar-refractivity contribution in [2.45, 2.75) is 83.2 Å². The van der Waals surface area contributed by atoms with Gasteiger partial charge < -0.3 is 4.43 Å². The van der Waals surface area contributed by atoms with Gasteiger partial charge in [-0.2, -0.15) is 0 Å². The molecule has 0 saturated heterocycles. The molecule has 170 valence electrons. The van der Waals surface area contributed by atoms with Gasteiger partial charge in [-0.05, 0) is 57.5 Å². The predicted molar refractivity (Wildman–Crippen MR) is 144 cm³/mol. The second-order valence-corrected chi connectivity index (χ2v) is 21.3. The average molecular weight is 461 g/mol. The van der Waals surface area contributed by atoms with E-state index in [4.69, 9.17) is 4.43 Å². The predicted octanol–water partition coefficient (Wildman–Crippen LogP) is 8.99. The van der Waals surface area contributed by atoms with Crippen molar-refractivity contribution in [2.75, 3.05) is 0 Å². The Kier molecular flexibility index (Phi) is 6.19. The summed E-state index contributed by atoms with van der Waals surface area (Å²) < 4.78 is 7.06. The Bertz CT molecular complexity index is 991. The first-order valence-corrected chi connectivity index (χ1v) is 17.6. The monoisotopic (exact) mass is 460 g/mol. The summed E-state index contributed by atoms with van der Waals surface area (Å²) >= 11 is 0. The van der Waals surface area contributed by atoms with E-state index >= 15 is 0 Å². The molecule has 0 unspecified atom stereocenters. The number of rotatable bonds is 7. The van der Waals surface area contributed by atoms with Gasteiger partial charge in [0.2, 0.25) is 0 Å². The van der Waals surface area contributed by atoms with Crippen LogP contribution in [0, 0.1) is 0 Å². The summed E-state index contributed by atoms with van der Waals surface area (Å²) in [6.45, 7) is 19.4. The lowest BCUT2D eigenvalue weighted by atomic mass is 10.1. The molecule has 1 nitrogen and oxygen atoms in total. The maximum absolute atomic E-state index is 7.06. The zero-order chi connectivity index (χ0) is 23.3. The Balaban J connectivity index is 1.69. The van der Waals surface area contributed by atoms with Gasteiger partial charge in [-0.3, -0.25) is 0 Å². The number of allylic oxidation sites excluding steroid dienone is 3. The lowest BCUT2D eigenvalue weighted by molar-refractivity contribution is 0.387. The molecule has 32 heavy (non-hydrogen) atoms. The van der Waals surface area contributed by atoms with E-state index in [9.17, 15) is 0 Å². The van der Waals surface area contributed by atoms with E-state index in [2.05, 4.69) is 115 Å². The minimum absolute atomic E-state index is 0.510. The van der Waals surface area contributed by atoms with Crippen molar-refractivity contribution in [2.24, 2.45) is 0 Å². The van der Waals surface area contributed by atoms with Gasteiger partial charge in [-0.25, -0.2) is 0 Å². The molecule has 0 amide bonds. The van der Waals surface area contributed by atoms with E-state index in [1.54, 1.807) is 5.20 Å². The van der Waals surface area contributed by atoms with E-state index in [1.165, 1.54) is 22.3 Å². The van der Waals surface area contributed by atoms with Crippen LogP contribution in [0.3, 0.4) is 0 Å². The van der Waals surface area contributed by atoms with Crippen molar-refractivity contribution in [3.63, 3.8) is 0 Å². The Morgan fingerprint density at radius 2 is 1.22 bits per heavy atom. The summed E-state index contributed by atoms with van der Waals surface area (Å²) in [6, 6.07) is 18.1. The van der Waals surface area contributed by atoms with Gasteiger partial charge in [0, 0.05) is 5.54 Å². The SMILES string of the molecule is CC(C)[Si](OC1=CCC([Si](C)(C)C2c3ccccc3-c3ccccc32)=C1)(C(C)C)C(C)C. The topological polar surface area (TPSA) is 9.23 Å². The zero-order valence-electron chi connectivity index (χ0n) is 21.2. The lowest BCUT2D eigenvalue weighted by Gasteiger charge is -2.42. The van der Waals surface area contributed by atoms with Crippen LogP contribution < -0.4 is 0 Å². The van der Waals surface area contributed by atoms with Gasteiger partial charge in [-0.15, -0.1) is 0 Å². The molecule has 0 bridgehead atoms. The lowest BCUT2D eigenvalue weighted by Crippen LogP contribution is -2.47. The molecule has 2 aliphatic carbocycles. The summed E-state index contributed by atoms with van der Waals surface area (Å²) in [5.41, 5.74) is 8.21. The van der Waals surface area contributed by atoms with Crippen LogP contribution in [0.4, 0.5) is 0 Å². The molecule has 0 spiro atoms. The van der Waals surface area contributed by atoms with Crippen LogP contribution in [-0.4, -0.2) is 16.4 Å². The molecule has 0 aliphatic heterocycles. The van der Waals surface area contributed by atoms with E-state index in [-0.39, 0.29) is 0 Å². The molecular weight excluding hydrogens is 420 g/mol. The van der Waals surface area contributed by atoms with Gasteiger partial charge in [0.25, 0.3) is 8.32 Å². The molecule has 0 aromatic heterocycles. The normalized spacial score (nSPS) is 16.5. The van der Waals surface area contributed by atoms with Crippen LogP contribution in [-0.2, 0) is 4.43 Å². The molecule has 3 heteroatoms. The molecule has 2 aromatic rings. The Morgan fingerprint density at radius 1 is 0.750 bits per heavy atom. The van der Waals surface area contributed by atoms with E-state index in [0.29, 0.717) is 22.2 Å². The molecular formula is C29H40OSi2. The van der Waals surface area contributed by atoms with Gasteiger partial charge >= 0.3 is 0 Å². The first kappa shape index (κ1) is 23.3. The van der Waals surface area contributed by atoms with Gasteiger partial charge in [0.05, 0.1) is 13.8 Å². The van der Waals surface area contributed by atoms with Crippen molar-refractivity contribution in [1.82, 2.24) is 0 Å². The molecule has 2 aliphatic rings. The zero-order valence-corrected chi connectivity index (χ0v) is 23.2. The number of fused-ring (bicyclic) bond motifs is 3. The minimum atomic E-state index is -1.93. The standard InChI is InChI=1S/C29H40OSi2/c1-20(2)32(21(3)4,22(5)6)30-23-17-18-24(19-23)31(7,8)29-27-15-11-9-13-25(27)26-14-10-12-16-28(26)29/h9-17,19-22,29H,18H2,1-8H3. The number of hydrogen-bond donors (Lipinski definition) is 0. The maximum atomic E-state index is 7.06. The van der Waals surface area contributed by atoms with Crippen molar-refractivity contribution in [3.8, 4) is 11.1 Å². The molecule has 0 fully saturated rings. The highest BCUT2D eigenvalue weighted by atomic mass is 28.4. The van der Waals surface area contributed by atoms with Crippen LogP contribution >= 0.6 is 0 Å². The fraction of sp³-hybridized carbons (Fsp3) is 0.448. The Morgan fingerprint density at radius 3 is 1.69 bits per heavy atom. The summed E-state index contributed by atoms with van der Waals surface area (Å²) in [4.78, 5) is 0. The summed E-state index contributed by atoms with van der Waals surface area (Å²) in [5, 5.41) is 1.63. The van der Waals surface area contributed by atoms with Crippen molar-refractivity contribution in [3.05, 3.63) is 82.8 Å². The van der Waals surface area contributed by atoms with Crippen LogP contribution in [0.25, 0.3) is 11.1 Å². The Labute approximate surface area is 197 Å². The number of hydrogen-bond acceptors (Lipinski definition) is 1. The molecule has 0 radical (unpaired) electrons. The minimum Gasteiger partial charge on any atom is -0.543 e. The molecule has 0 N–H and O–H groups in total. The molecule has 0 heterocycles. The Hall–Kier alpha value is -1.85. The first-order chi connectivity index (χ1) is 15.1. The summed E-state index contributed by atoms with van der Waals surface area (Å²) in [6.07, 6.45) is 5.88. The highest BCUT2D eigenvalue weighted by Gasteiger charge is 2.48. The van der Waals surface area contributed by atoms with E-state index in [1.807, 2.05) is 0 Å². The van der Waals surface area contributed by atoms with Crippen LogP contribution in [0.1, 0.15) is 64.6 Å². The van der Waals surface area contributed by atoms with Crippen LogP contribution in [0.5, 0.6) is 0 Å². The summed E-state index contributed by atoms with van der Waals surface area (Å²) in [7, 11) is -3.72. The molecule has 2 aromatic carbocycles. The average Bonchev–Trinajstić information content (AvgIpc) is 3.34. The summed E-state index contributed by atoms with van der Waals surface area (Å²) in [5.74, 6) is 1.16. The van der Waals surface area contributed by atoms with Gasteiger partial charge in [0.1, 0.15) is 0 Å². The first-order valence-electron chi connectivity index (χ1n) is 12.4. The fourth-order valence-corrected chi connectivity index (χ4v) is 15.5. The third-order valence-corrected chi connectivity index (χ3v) is 18.3. The van der Waals surface area contributed by atoms with Gasteiger partial charge in [-0.1, -0.05) is 108 Å². The van der Waals surface area contributed by atoms with Crippen LogP contribution in [0.2, 0.25) is 29.7 Å². The van der Waals surface area contributed by atoms with E-state index < -0.39 is 16.4 Å².